The fourth-order valence-electron chi connectivity index (χ4n) is 2.53. The molecule has 1 aromatic heterocycles. The third kappa shape index (κ3) is 2.50. The zero-order chi connectivity index (χ0) is 13.4. The normalized spacial score (nSPS) is 19.6. The van der Waals surface area contributed by atoms with Gasteiger partial charge < -0.3 is 15.5 Å². The molecule has 2 aliphatic rings. The van der Waals surface area contributed by atoms with E-state index in [1.165, 1.54) is 0 Å². The minimum Gasteiger partial charge on any atom is -0.396 e. The summed E-state index contributed by atoms with van der Waals surface area (Å²) in [5.41, 5.74) is 7.68. The van der Waals surface area contributed by atoms with E-state index in [2.05, 4.69) is 9.88 Å². The number of piperazine rings is 1. The van der Waals surface area contributed by atoms with Gasteiger partial charge in [0.1, 0.15) is 0 Å². The minimum atomic E-state index is 0.314. The molecule has 2 fully saturated rings. The predicted molar refractivity (Wildman–Crippen MR) is 74.9 cm³/mol. The van der Waals surface area contributed by atoms with Crippen molar-refractivity contribution in [2.75, 3.05) is 36.8 Å². The van der Waals surface area contributed by atoms with Crippen LogP contribution >= 0.6 is 0 Å². The lowest BCUT2D eigenvalue weighted by atomic mass is 10.2. The van der Waals surface area contributed by atoms with Gasteiger partial charge in [-0.2, -0.15) is 0 Å². The summed E-state index contributed by atoms with van der Waals surface area (Å²) >= 11 is 0. The zero-order valence-corrected chi connectivity index (χ0v) is 11.3. The number of aromatic nitrogens is 1. The van der Waals surface area contributed by atoms with Gasteiger partial charge in [0.25, 0.3) is 0 Å². The van der Waals surface area contributed by atoms with Crippen LogP contribution in [0.2, 0.25) is 0 Å². The van der Waals surface area contributed by atoms with E-state index in [9.17, 15) is 4.79 Å². The number of pyridine rings is 1. The van der Waals surface area contributed by atoms with Gasteiger partial charge in [-0.25, -0.2) is 4.98 Å². The van der Waals surface area contributed by atoms with E-state index in [0.717, 1.165) is 50.5 Å². The Morgan fingerprint density at radius 2 is 1.95 bits per heavy atom. The van der Waals surface area contributed by atoms with Crippen molar-refractivity contribution in [3.63, 3.8) is 0 Å². The summed E-state index contributed by atoms with van der Waals surface area (Å²) in [7, 11) is 0. The van der Waals surface area contributed by atoms with E-state index < -0.39 is 0 Å². The van der Waals surface area contributed by atoms with Crippen LogP contribution in [0, 0.1) is 12.8 Å². The Kier molecular flexibility index (Phi) is 3.05. The summed E-state index contributed by atoms with van der Waals surface area (Å²) in [6.45, 7) is 5.17. The number of carbonyl (C=O) groups is 1. The molecule has 2 N–H and O–H groups in total. The highest BCUT2D eigenvalue weighted by molar-refractivity contribution is 5.81. The Labute approximate surface area is 113 Å². The first-order valence-corrected chi connectivity index (χ1v) is 6.92. The summed E-state index contributed by atoms with van der Waals surface area (Å²) in [6, 6.07) is 3.82. The quantitative estimate of drug-likeness (QED) is 0.862. The number of nitrogens with two attached hydrogens (primary N) is 1. The first-order chi connectivity index (χ1) is 9.15. The van der Waals surface area contributed by atoms with E-state index in [1.807, 2.05) is 24.0 Å². The van der Waals surface area contributed by atoms with Gasteiger partial charge in [0.2, 0.25) is 5.91 Å². The molecule has 1 saturated heterocycles. The van der Waals surface area contributed by atoms with Crippen LogP contribution in [0.1, 0.15) is 18.5 Å². The van der Waals surface area contributed by atoms with Crippen LogP contribution in [-0.4, -0.2) is 42.0 Å². The monoisotopic (exact) mass is 260 g/mol. The zero-order valence-electron chi connectivity index (χ0n) is 11.3. The molecule has 0 aromatic carbocycles. The molecule has 1 aliphatic heterocycles. The number of rotatable bonds is 2. The first kappa shape index (κ1) is 12.3. The maximum absolute atomic E-state index is 12.0. The number of hydrogen-bond donors (Lipinski definition) is 1. The van der Waals surface area contributed by atoms with Crippen molar-refractivity contribution in [3.05, 3.63) is 17.8 Å². The van der Waals surface area contributed by atoms with Gasteiger partial charge in [-0.3, -0.25) is 4.79 Å². The molecule has 102 valence electrons. The third-order valence-corrected chi connectivity index (χ3v) is 3.86. The Morgan fingerprint density at radius 1 is 1.26 bits per heavy atom. The molecule has 0 unspecified atom stereocenters. The molecule has 2 heterocycles. The van der Waals surface area contributed by atoms with Gasteiger partial charge in [0, 0.05) is 37.8 Å². The second-order valence-corrected chi connectivity index (χ2v) is 5.45. The van der Waals surface area contributed by atoms with E-state index in [1.54, 1.807) is 0 Å². The lowest BCUT2D eigenvalue weighted by molar-refractivity contribution is -0.132. The minimum absolute atomic E-state index is 0.314. The molecule has 0 bridgehead atoms. The molecule has 19 heavy (non-hydrogen) atoms. The van der Waals surface area contributed by atoms with Crippen LogP contribution < -0.4 is 10.6 Å². The largest absolute Gasteiger partial charge is 0.396 e. The predicted octanol–water partition coefficient (Wildman–Crippen LogP) is 1.03. The molecule has 0 radical (unpaired) electrons. The molecular weight excluding hydrogens is 240 g/mol. The number of carbonyl (C=O) groups excluding carboxylic acids is 1. The Balaban J connectivity index is 1.66. The van der Waals surface area contributed by atoms with Crippen LogP contribution in [0.3, 0.4) is 0 Å². The van der Waals surface area contributed by atoms with Crippen molar-refractivity contribution >= 4 is 17.4 Å². The molecular formula is C14H20N4O. The summed E-state index contributed by atoms with van der Waals surface area (Å²) in [6.07, 6.45) is 2.15. The second kappa shape index (κ2) is 4.72. The fraction of sp³-hybridized carbons (Fsp3) is 0.571. The molecule has 1 aliphatic carbocycles. The van der Waals surface area contributed by atoms with Gasteiger partial charge in [-0.15, -0.1) is 0 Å². The number of aryl methyl sites for hydroxylation is 1. The fourth-order valence-corrected chi connectivity index (χ4v) is 2.53. The van der Waals surface area contributed by atoms with Crippen molar-refractivity contribution < 1.29 is 4.79 Å². The molecule has 1 amide bonds. The molecule has 1 saturated carbocycles. The van der Waals surface area contributed by atoms with Crippen molar-refractivity contribution in [1.82, 2.24) is 9.88 Å². The van der Waals surface area contributed by atoms with Crippen molar-refractivity contribution in [1.29, 1.82) is 0 Å². The standard InChI is InChI=1S/C14H20N4O/c1-10-2-5-12(15)13(16-10)17-6-8-18(9-7-17)14(19)11-3-4-11/h2,5,11H,3-4,6-9,15H2,1H3. The molecule has 0 spiro atoms. The van der Waals surface area contributed by atoms with E-state index in [0.29, 0.717) is 17.5 Å². The van der Waals surface area contributed by atoms with Gasteiger partial charge in [0.15, 0.2) is 5.82 Å². The van der Waals surface area contributed by atoms with Gasteiger partial charge in [-0.1, -0.05) is 0 Å². The molecule has 3 rings (SSSR count). The average Bonchev–Trinajstić information content (AvgIpc) is 3.25. The Morgan fingerprint density at radius 3 is 2.58 bits per heavy atom. The average molecular weight is 260 g/mol. The summed E-state index contributed by atoms with van der Waals surface area (Å²) < 4.78 is 0. The van der Waals surface area contributed by atoms with Crippen LogP contribution in [0.4, 0.5) is 11.5 Å². The van der Waals surface area contributed by atoms with Crippen LogP contribution in [0.15, 0.2) is 12.1 Å². The third-order valence-electron chi connectivity index (χ3n) is 3.86. The van der Waals surface area contributed by atoms with Crippen LogP contribution in [0.25, 0.3) is 0 Å². The number of hydrogen-bond acceptors (Lipinski definition) is 4. The molecule has 5 heteroatoms. The second-order valence-electron chi connectivity index (χ2n) is 5.45. The lowest BCUT2D eigenvalue weighted by Gasteiger charge is -2.36. The summed E-state index contributed by atoms with van der Waals surface area (Å²) in [5.74, 6) is 1.51. The summed E-state index contributed by atoms with van der Waals surface area (Å²) in [4.78, 5) is 20.7. The summed E-state index contributed by atoms with van der Waals surface area (Å²) in [5, 5.41) is 0. The lowest BCUT2D eigenvalue weighted by Crippen LogP contribution is -2.49. The first-order valence-electron chi connectivity index (χ1n) is 6.92. The van der Waals surface area contributed by atoms with E-state index in [-0.39, 0.29) is 0 Å². The van der Waals surface area contributed by atoms with Crippen LogP contribution in [0.5, 0.6) is 0 Å². The highest BCUT2D eigenvalue weighted by Gasteiger charge is 2.34. The number of anilines is 2. The highest BCUT2D eigenvalue weighted by atomic mass is 16.2. The van der Waals surface area contributed by atoms with Gasteiger partial charge in [-0.05, 0) is 31.9 Å². The molecule has 1 aromatic rings. The maximum Gasteiger partial charge on any atom is 0.225 e. The number of amides is 1. The topological polar surface area (TPSA) is 62.5 Å². The van der Waals surface area contributed by atoms with E-state index in [4.69, 9.17) is 5.73 Å². The van der Waals surface area contributed by atoms with Crippen molar-refractivity contribution in [2.45, 2.75) is 19.8 Å². The van der Waals surface area contributed by atoms with Gasteiger partial charge >= 0.3 is 0 Å². The van der Waals surface area contributed by atoms with E-state index >= 15 is 0 Å². The molecule has 0 atom stereocenters. The number of nitrogen functional groups attached to an aromatic ring is 1. The SMILES string of the molecule is Cc1ccc(N)c(N2CCN(C(=O)C3CC3)CC2)n1. The van der Waals surface area contributed by atoms with Crippen LogP contribution in [-0.2, 0) is 4.79 Å². The van der Waals surface area contributed by atoms with Crippen molar-refractivity contribution in [2.24, 2.45) is 5.92 Å². The number of nitrogens with zero attached hydrogens (tertiary/aromatic N) is 3. The van der Waals surface area contributed by atoms with Gasteiger partial charge in [0.05, 0.1) is 5.69 Å². The smallest absolute Gasteiger partial charge is 0.225 e. The Bertz CT molecular complexity index is 490. The van der Waals surface area contributed by atoms with Crippen molar-refractivity contribution in [3.8, 4) is 0 Å². The maximum atomic E-state index is 12.0. The highest BCUT2D eigenvalue weighted by Crippen LogP contribution is 2.31. The Hall–Kier alpha value is -1.78. The molecule has 5 nitrogen and oxygen atoms in total.